The zero-order chi connectivity index (χ0) is 18.1. The van der Waals surface area contributed by atoms with Crippen LogP contribution in [-0.2, 0) is 0 Å². The number of alkyl halides is 2. The molecular weight excluding hydrogens is 371 g/mol. The first kappa shape index (κ1) is 17.6. The molecule has 0 saturated carbocycles. The molecule has 3 aromatic rings. The highest BCUT2D eigenvalue weighted by Gasteiger charge is 2.17. The molecule has 2 aromatic carbocycles. The maximum absolute atomic E-state index is 12.7. The van der Waals surface area contributed by atoms with Crippen LogP contribution in [0.25, 0.3) is 11.0 Å². The third kappa shape index (κ3) is 3.75. The van der Waals surface area contributed by atoms with Gasteiger partial charge in [-0.05, 0) is 42.8 Å². The van der Waals surface area contributed by atoms with Crippen molar-refractivity contribution < 1.29 is 13.6 Å². The summed E-state index contributed by atoms with van der Waals surface area (Å²) in [6, 6.07) is 9.21. The summed E-state index contributed by atoms with van der Waals surface area (Å²) in [6.07, 6.45) is -2.70. The van der Waals surface area contributed by atoms with Crippen molar-refractivity contribution in [2.75, 3.05) is 0 Å². The predicted molar refractivity (Wildman–Crippen MR) is 93.4 cm³/mol. The maximum atomic E-state index is 12.7. The molecule has 25 heavy (non-hydrogen) atoms. The van der Waals surface area contributed by atoms with Crippen LogP contribution in [0.3, 0.4) is 0 Å². The summed E-state index contributed by atoms with van der Waals surface area (Å²) in [7, 11) is 0. The van der Waals surface area contributed by atoms with Gasteiger partial charge in [0.1, 0.15) is 0 Å². The van der Waals surface area contributed by atoms with Gasteiger partial charge in [0.15, 0.2) is 5.82 Å². The quantitative estimate of drug-likeness (QED) is 0.642. The summed E-state index contributed by atoms with van der Waals surface area (Å²) < 4.78 is 25.4. The Balaban J connectivity index is 1.81. The van der Waals surface area contributed by atoms with E-state index in [4.69, 9.17) is 23.2 Å². The Morgan fingerprint density at radius 1 is 1.20 bits per heavy atom. The number of hydrogen-bond acceptors (Lipinski definition) is 2. The Hall–Kier alpha value is -2.18. The number of nitrogens with zero attached hydrogens (tertiary/aromatic N) is 1. The minimum Gasteiger partial charge on any atom is -0.345 e. The van der Waals surface area contributed by atoms with Crippen molar-refractivity contribution in [3.8, 4) is 0 Å². The number of amides is 1. The fourth-order valence-electron chi connectivity index (χ4n) is 2.48. The first-order valence-electron chi connectivity index (χ1n) is 7.39. The molecule has 0 aliphatic carbocycles. The van der Waals surface area contributed by atoms with Gasteiger partial charge in [-0.2, -0.15) is 0 Å². The summed E-state index contributed by atoms with van der Waals surface area (Å²) in [6.45, 7) is 1.79. The molecule has 1 atom stereocenters. The first-order chi connectivity index (χ1) is 11.8. The summed E-state index contributed by atoms with van der Waals surface area (Å²) in [4.78, 5) is 18.7. The molecule has 0 radical (unpaired) electrons. The van der Waals surface area contributed by atoms with Crippen molar-refractivity contribution in [2.45, 2.75) is 19.4 Å². The number of carbonyl (C=O) groups is 1. The predicted octanol–water partition coefficient (Wildman–Crippen LogP) is 5.30. The molecule has 2 N–H and O–H groups in total. The number of H-pyrrole nitrogens is 1. The van der Waals surface area contributed by atoms with E-state index in [1.54, 1.807) is 25.1 Å². The normalized spacial score (nSPS) is 12.6. The van der Waals surface area contributed by atoms with Crippen LogP contribution in [0.15, 0.2) is 36.4 Å². The van der Waals surface area contributed by atoms with E-state index in [9.17, 15) is 13.6 Å². The van der Waals surface area contributed by atoms with Gasteiger partial charge in [0.05, 0.1) is 17.1 Å². The van der Waals surface area contributed by atoms with Gasteiger partial charge in [-0.25, -0.2) is 13.8 Å². The van der Waals surface area contributed by atoms with E-state index in [2.05, 4.69) is 15.3 Å². The van der Waals surface area contributed by atoms with Gasteiger partial charge in [-0.15, -0.1) is 0 Å². The number of benzene rings is 2. The van der Waals surface area contributed by atoms with Crippen LogP contribution in [0.2, 0.25) is 10.0 Å². The summed E-state index contributed by atoms with van der Waals surface area (Å²) in [5, 5.41) is 3.77. The molecule has 1 aromatic heterocycles. The van der Waals surface area contributed by atoms with Crippen LogP contribution in [0.4, 0.5) is 8.78 Å². The lowest BCUT2D eigenvalue weighted by molar-refractivity contribution is 0.0940. The maximum Gasteiger partial charge on any atom is 0.295 e. The number of nitrogens with one attached hydrogen (secondary N) is 2. The molecule has 1 heterocycles. The van der Waals surface area contributed by atoms with Gasteiger partial charge in [0, 0.05) is 15.6 Å². The topological polar surface area (TPSA) is 57.8 Å². The Labute approximate surface area is 152 Å². The average Bonchev–Trinajstić information content (AvgIpc) is 2.98. The van der Waals surface area contributed by atoms with Crippen LogP contribution >= 0.6 is 23.2 Å². The lowest BCUT2D eigenvalue weighted by Gasteiger charge is -2.16. The second kappa shape index (κ2) is 6.98. The minimum atomic E-state index is -2.70. The van der Waals surface area contributed by atoms with Crippen LogP contribution in [0.1, 0.15) is 41.1 Å². The largest absolute Gasteiger partial charge is 0.345 e. The zero-order valence-corrected chi connectivity index (χ0v) is 14.5. The zero-order valence-electron chi connectivity index (χ0n) is 13.0. The van der Waals surface area contributed by atoms with Gasteiger partial charge < -0.3 is 10.3 Å². The first-order valence-corrected chi connectivity index (χ1v) is 8.14. The Morgan fingerprint density at radius 3 is 2.64 bits per heavy atom. The molecule has 1 unspecified atom stereocenters. The number of carbonyl (C=O) groups excluding carboxylic acids is 1. The van der Waals surface area contributed by atoms with E-state index in [1.165, 1.54) is 18.2 Å². The van der Waals surface area contributed by atoms with Crippen LogP contribution in [0.5, 0.6) is 0 Å². The number of aromatic nitrogens is 2. The number of hydrogen-bond donors (Lipinski definition) is 2. The van der Waals surface area contributed by atoms with Crippen LogP contribution in [-0.4, -0.2) is 15.9 Å². The molecule has 0 spiro atoms. The highest BCUT2D eigenvalue weighted by molar-refractivity contribution is 6.35. The molecule has 0 fully saturated rings. The molecule has 0 saturated heterocycles. The Kier molecular flexibility index (Phi) is 4.92. The van der Waals surface area contributed by atoms with E-state index in [0.29, 0.717) is 26.6 Å². The van der Waals surface area contributed by atoms with Gasteiger partial charge in [0.2, 0.25) is 0 Å². The third-order valence-electron chi connectivity index (χ3n) is 3.75. The van der Waals surface area contributed by atoms with Crippen molar-refractivity contribution in [1.29, 1.82) is 0 Å². The number of halogens is 4. The molecule has 0 aliphatic rings. The Bertz CT molecular complexity index is 943. The molecule has 3 rings (SSSR count). The van der Waals surface area contributed by atoms with E-state index in [0.717, 1.165) is 5.56 Å². The highest BCUT2D eigenvalue weighted by Crippen LogP contribution is 2.26. The van der Waals surface area contributed by atoms with Crippen molar-refractivity contribution in [1.82, 2.24) is 15.3 Å². The van der Waals surface area contributed by atoms with E-state index in [1.807, 2.05) is 0 Å². The standard InChI is InChI=1S/C17H13Cl2F2N3O/c1-8(11-4-3-10(18)7-12(11)19)22-17(25)9-2-5-13-14(6-9)24-16(23-13)15(20)21/h2-8,15H,1H3,(H,22,25)(H,23,24). The van der Waals surface area contributed by atoms with Crippen molar-refractivity contribution in [3.05, 3.63) is 63.4 Å². The molecule has 8 heteroatoms. The second-order valence-electron chi connectivity index (χ2n) is 5.52. The van der Waals surface area contributed by atoms with Crippen LogP contribution in [0, 0.1) is 0 Å². The van der Waals surface area contributed by atoms with E-state index >= 15 is 0 Å². The molecule has 0 aliphatic heterocycles. The minimum absolute atomic E-state index is 0.328. The average molecular weight is 384 g/mol. The van der Waals surface area contributed by atoms with E-state index in [-0.39, 0.29) is 11.9 Å². The molecule has 130 valence electrons. The number of rotatable bonds is 4. The Morgan fingerprint density at radius 2 is 1.96 bits per heavy atom. The smallest absolute Gasteiger partial charge is 0.295 e. The lowest BCUT2D eigenvalue weighted by atomic mass is 10.1. The summed E-state index contributed by atoms with van der Waals surface area (Å²) >= 11 is 12.0. The monoisotopic (exact) mass is 383 g/mol. The fourth-order valence-corrected chi connectivity index (χ4v) is 3.06. The van der Waals surface area contributed by atoms with Gasteiger partial charge in [-0.1, -0.05) is 29.3 Å². The molecule has 0 bridgehead atoms. The van der Waals surface area contributed by atoms with Gasteiger partial charge >= 0.3 is 0 Å². The number of imidazole rings is 1. The van der Waals surface area contributed by atoms with Crippen LogP contribution < -0.4 is 5.32 Å². The second-order valence-corrected chi connectivity index (χ2v) is 6.36. The SMILES string of the molecule is CC(NC(=O)c1ccc2nc(C(F)F)[nH]c2c1)c1ccc(Cl)cc1Cl. The number of aromatic amines is 1. The van der Waals surface area contributed by atoms with Crippen molar-refractivity contribution in [2.24, 2.45) is 0 Å². The number of fused-ring (bicyclic) bond motifs is 1. The third-order valence-corrected chi connectivity index (χ3v) is 4.31. The summed E-state index contributed by atoms with van der Waals surface area (Å²) in [5.74, 6) is -0.775. The molecule has 4 nitrogen and oxygen atoms in total. The van der Waals surface area contributed by atoms with Gasteiger partial charge in [0.25, 0.3) is 12.3 Å². The van der Waals surface area contributed by atoms with Crippen molar-refractivity contribution in [3.63, 3.8) is 0 Å². The van der Waals surface area contributed by atoms with Crippen molar-refractivity contribution >= 4 is 40.1 Å². The molecular formula is C17H13Cl2F2N3O. The van der Waals surface area contributed by atoms with E-state index < -0.39 is 12.2 Å². The fraction of sp³-hybridized carbons (Fsp3) is 0.176. The highest BCUT2D eigenvalue weighted by atomic mass is 35.5. The summed E-state index contributed by atoms with van der Waals surface area (Å²) in [5.41, 5.74) is 1.80. The lowest BCUT2D eigenvalue weighted by Crippen LogP contribution is -2.26. The molecule has 1 amide bonds. The van der Waals surface area contributed by atoms with Gasteiger partial charge in [-0.3, -0.25) is 4.79 Å².